The topological polar surface area (TPSA) is 70.7 Å². The highest BCUT2D eigenvalue weighted by atomic mass is 35.5. The van der Waals surface area contributed by atoms with Gasteiger partial charge in [-0.15, -0.1) is 0 Å². The Labute approximate surface area is 148 Å². The van der Waals surface area contributed by atoms with Crippen LogP contribution in [0.15, 0.2) is 18.2 Å². The first kappa shape index (κ1) is 20.4. The van der Waals surface area contributed by atoms with Crippen molar-refractivity contribution in [2.45, 2.75) is 20.8 Å². The molecule has 0 heterocycles. The van der Waals surface area contributed by atoms with Gasteiger partial charge in [-0.1, -0.05) is 31.5 Å². The number of benzene rings is 1. The number of carbonyl (C=O) groups is 2. The van der Waals surface area contributed by atoms with Gasteiger partial charge in [0, 0.05) is 23.8 Å². The number of amides is 2. The van der Waals surface area contributed by atoms with E-state index in [2.05, 4.69) is 29.4 Å². The van der Waals surface area contributed by atoms with Gasteiger partial charge in [-0.3, -0.25) is 9.59 Å². The second-order valence-corrected chi connectivity index (χ2v) is 5.79. The van der Waals surface area contributed by atoms with Gasteiger partial charge in [0.2, 0.25) is 11.8 Å². The minimum absolute atomic E-state index is 0.139. The summed E-state index contributed by atoms with van der Waals surface area (Å²) < 4.78 is 5.12. The highest BCUT2D eigenvalue weighted by molar-refractivity contribution is 6.31. The van der Waals surface area contributed by atoms with Crippen LogP contribution in [-0.2, 0) is 14.3 Å². The van der Waals surface area contributed by atoms with Crippen molar-refractivity contribution in [3.05, 3.63) is 28.8 Å². The first-order valence-electron chi connectivity index (χ1n) is 8.09. The lowest BCUT2D eigenvalue weighted by Crippen LogP contribution is -2.36. The Hall–Kier alpha value is -1.63. The number of aryl methyl sites for hydroxylation is 1. The molecule has 134 valence electrons. The van der Waals surface area contributed by atoms with Crippen LogP contribution in [0.4, 0.5) is 5.69 Å². The van der Waals surface area contributed by atoms with Crippen molar-refractivity contribution in [3.8, 4) is 0 Å². The predicted molar refractivity (Wildman–Crippen MR) is 96.4 cm³/mol. The Morgan fingerprint density at radius 2 is 1.83 bits per heavy atom. The van der Waals surface area contributed by atoms with E-state index in [9.17, 15) is 9.59 Å². The van der Waals surface area contributed by atoms with Crippen LogP contribution in [-0.4, -0.2) is 56.1 Å². The van der Waals surface area contributed by atoms with Gasteiger partial charge in [0.1, 0.15) is 13.2 Å². The Balaban J connectivity index is 2.20. The van der Waals surface area contributed by atoms with Gasteiger partial charge in [-0.2, -0.15) is 0 Å². The van der Waals surface area contributed by atoms with Gasteiger partial charge in [0.25, 0.3) is 0 Å². The third-order valence-corrected chi connectivity index (χ3v) is 3.97. The van der Waals surface area contributed by atoms with Crippen molar-refractivity contribution >= 4 is 29.1 Å². The maximum atomic E-state index is 11.8. The molecule has 0 saturated carbocycles. The maximum Gasteiger partial charge on any atom is 0.250 e. The summed E-state index contributed by atoms with van der Waals surface area (Å²) in [6, 6.07) is 5.26. The number of rotatable bonds is 10. The molecule has 0 spiro atoms. The monoisotopic (exact) mass is 355 g/mol. The first-order chi connectivity index (χ1) is 11.5. The standard InChI is InChI=1S/C17H26ClN3O3/c1-4-21(5-2)9-8-19-16(22)11-24-12-17(23)20-14-7-6-13(3)15(18)10-14/h6-7,10H,4-5,8-9,11-12H2,1-3H3,(H,19,22)(H,20,23). The lowest BCUT2D eigenvalue weighted by atomic mass is 10.2. The SMILES string of the molecule is CCN(CC)CCNC(=O)COCC(=O)Nc1ccc(C)c(Cl)c1. The van der Waals surface area contributed by atoms with Crippen molar-refractivity contribution in [3.63, 3.8) is 0 Å². The number of anilines is 1. The summed E-state index contributed by atoms with van der Waals surface area (Å²) in [5, 5.41) is 6.02. The number of likely N-dealkylation sites (N-methyl/N-ethyl adjacent to an activating group) is 1. The summed E-state index contributed by atoms with van der Waals surface area (Å²) in [5.74, 6) is -0.556. The number of ether oxygens (including phenoxy) is 1. The van der Waals surface area contributed by atoms with E-state index in [1.807, 2.05) is 13.0 Å². The summed E-state index contributed by atoms with van der Waals surface area (Å²) >= 11 is 6.00. The molecule has 0 bridgehead atoms. The van der Waals surface area contributed by atoms with Gasteiger partial charge in [0.15, 0.2) is 0 Å². The number of nitrogens with zero attached hydrogens (tertiary/aromatic N) is 1. The summed E-state index contributed by atoms with van der Waals surface area (Å²) in [4.78, 5) is 25.6. The fourth-order valence-corrected chi connectivity index (χ4v) is 2.23. The molecule has 2 amide bonds. The molecule has 6 nitrogen and oxygen atoms in total. The van der Waals surface area contributed by atoms with Gasteiger partial charge < -0.3 is 20.3 Å². The molecule has 2 N–H and O–H groups in total. The highest BCUT2D eigenvalue weighted by Crippen LogP contribution is 2.19. The first-order valence-corrected chi connectivity index (χ1v) is 8.46. The smallest absolute Gasteiger partial charge is 0.250 e. The van der Waals surface area contributed by atoms with Gasteiger partial charge in [-0.05, 0) is 37.7 Å². The van der Waals surface area contributed by atoms with Crippen molar-refractivity contribution in [1.82, 2.24) is 10.2 Å². The van der Waals surface area contributed by atoms with Crippen LogP contribution in [0.3, 0.4) is 0 Å². The molecular weight excluding hydrogens is 330 g/mol. The largest absolute Gasteiger partial charge is 0.362 e. The highest BCUT2D eigenvalue weighted by Gasteiger charge is 2.07. The summed E-state index contributed by atoms with van der Waals surface area (Å²) in [5.41, 5.74) is 1.54. The molecule has 0 aliphatic carbocycles. The fraction of sp³-hybridized carbons (Fsp3) is 0.529. The van der Waals surface area contributed by atoms with Crippen LogP contribution in [0.1, 0.15) is 19.4 Å². The average molecular weight is 356 g/mol. The molecule has 0 atom stereocenters. The Morgan fingerprint density at radius 3 is 2.46 bits per heavy atom. The predicted octanol–water partition coefficient (Wildman–Crippen LogP) is 2.06. The average Bonchev–Trinajstić information content (AvgIpc) is 2.55. The van der Waals surface area contributed by atoms with Crippen LogP contribution >= 0.6 is 11.6 Å². The Kier molecular flexibility index (Phi) is 9.37. The number of halogens is 1. The van der Waals surface area contributed by atoms with E-state index in [4.69, 9.17) is 16.3 Å². The van der Waals surface area contributed by atoms with Gasteiger partial charge in [-0.25, -0.2) is 0 Å². The van der Waals surface area contributed by atoms with E-state index in [1.165, 1.54) is 0 Å². The molecule has 7 heteroatoms. The molecular formula is C17H26ClN3O3. The Morgan fingerprint density at radius 1 is 1.17 bits per heavy atom. The molecule has 0 aromatic heterocycles. The second-order valence-electron chi connectivity index (χ2n) is 5.38. The summed E-state index contributed by atoms with van der Waals surface area (Å²) in [7, 11) is 0. The zero-order chi connectivity index (χ0) is 17.9. The van der Waals surface area contributed by atoms with Crippen LogP contribution in [0.2, 0.25) is 5.02 Å². The zero-order valence-electron chi connectivity index (χ0n) is 14.5. The van der Waals surface area contributed by atoms with Gasteiger partial charge in [0.05, 0.1) is 0 Å². The van der Waals surface area contributed by atoms with E-state index < -0.39 is 0 Å². The van der Waals surface area contributed by atoms with E-state index in [0.29, 0.717) is 17.3 Å². The second kappa shape index (κ2) is 11.0. The molecule has 0 unspecified atom stereocenters. The van der Waals surface area contributed by atoms with E-state index in [-0.39, 0.29) is 25.0 Å². The maximum absolute atomic E-state index is 11.8. The van der Waals surface area contributed by atoms with Crippen LogP contribution < -0.4 is 10.6 Å². The molecule has 0 aliphatic heterocycles. The van der Waals surface area contributed by atoms with Crippen molar-refractivity contribution in [2.75, 3.05) is 44.7 Å². The fourth-order valence-electron chi connectivity index (χ4n) is 2.05. The summed E-state index contributed by atoms with van der Waals surface area (Å²) in [6.45, 7) is 8.98. The molecule has 24 heavy (non-hydrogen) atoms. The molecule has 0 saturated heterocycles. The van der Waals surface area contributed by atoms with Crippen LogP contribution in [0.25, 0.3) is 0 Å². The number of carbonyl (C=O) groups excluding carboxylic acids is 2. The number of hydrogen-bond acceptors (Lipinski definition) is 4. The normalized spacial score (nSPS) is 10.7. The van der Waals surface area contributed by atoms with Crippen molar-refractivity contribution < 1.29 is 14.3 Å². The summed E-state index contributed by atoms with van der Waals surface area (Å²) in [6.07, 6.45) is 0. The minimum Gasteiger partial charge on any atom is -0.362 e. The number of nitrogens with one attached hydrogen (secondary N) is 2. The Bertz CT molecular complexity index is 548. The van der Waals surface area contributed by atoms with Crippen molar-refractivity contribution in [2.24, 2.45) is 0 Å². The third-order valence-electron chi connectivity index (χ3n) is 3.57. The zero-order valence-corrected chi connectivity index (χ0v) is 15.3. The third kappa shape index (κ3) is 7.77. The lowest BCUT2D eigenvalue weighted by Gasteiger charge is -2.17. The van der Waals surface area contributed by atoms with Crippen LogP contribution in [0, 0.1) is 6.92 Å². The molecule has 0 radical (unpaired) electrons. The lowest BCUT2D eigenvalue weighted by molar-refractivity contribution is -0.128. The van der Waals surface area contributed by atoms with E-state index >= 15 is 0 Å². The quantitative estimate of drug-likeness (QED) is 0.674. The molecule has 1 aromatic carbocycles. The van der Waals surface area contributed by atoms with Gasteiger partial charge >= 0.3 is 0 Å². The van der Waals surface area contributed by atoms with Crippen LogP contribution in [0.5, 0.6) is 0 Å². The molecule has 1 aromatic rings. The number of hydrogen-bond donors (Lipinski definition) is 2. The van der Waals surface area contributed by atoms with Crippen molar-refractivity contribution in [1.29, 1.82) is 0 Å². The van der Waals surface area contributed by atoms with E-state index in [0.717, 1.165) is 25.2 Å². The van der Waals surface area contributed by atoms with E-state index in [1.54, 1.807) is 12.1 Å². The molecule has 0 aliphatic rings. The minimum atomic E-state index is -0.328. The molecule has 0 fully saturated rings. The molecule has 1 rings (SSSR count).